The summed E-state index contributed by atoms with van der Waals surface area (Å²) in [7, 11) is 0. The van der Waals surface area contributed by atoms with Crippen LogP contribution in [0.3, 0.4) is 0 Å². The third-order valence-electron chi connectivity index (χ3n) is 4.53. The molecule has 4 rings (SSSR count). The minimum atomic E-state index is -1.19. The Morgan fingerprint density at radius 1 is 1.07 bits per heavy atom. The van der Waals surface area contributed by atoms with Gasteiger partial charge in [0.2, 0.25) is 5.91 Å². The van der Waals surface area contributed by atoms with Gasteiger partial charge in [0.15, 0.2) is 12.1 Å². The lowest BCUT2D eigenvalue weighted by Gasteiger charge is -2.20. The molecule has 1 N–H and O–H groups in total. The molecule has 0 radical (unpaired) electrons. The standard InChI is InChI=1S/C18H11ClF3N5O3/c19-10-6-9(2-3-11(10)21)27-17(29)15-16(18(27)30)26(25-24-15)7-14(28)23-13-4-1-8(20)5-12(13)22/h1-6,15-16H,7H2,(H,23,28)/t15-,16+/m0/s1. The van der Waals surface area contributed by atoms with E-state index in [1.165, 1.54) is 6.07 Å². The van der Waals surface area contributed by atoms with E-state index in [1.54, 1.807) is 0 Å². The highest BCUT2D eigenvalue weighted by Gasteiger charge is 2.55. The lowest BCUT2D eigenvalue weighted by atomic mass is 10.1. The molecular formula is C18H11ClF3N5O3. The fraction of sp³-hybridized carbons (Fsp3) is 0.167. The maximum absolute atomic E-state index is 13.7. The number of nitrogens with zero attached hydrogens (tertiary/aromatic N) is 4. The second-order valence-electron chi connectivity index (χ2n) is 6.47. The smallest absolute Gasteiger partial charge is 0.263 e. The van der Waals surface area contributed by atoms with Gasteiger partial charge >= 0.3 is 0 Å². The quantitative estimate of drug-likeness (QED) is 0.744. The first-order chi connectivity index (χ1) is 14.3. The number of amides is 3. The maximum Gasteiger partial charge on any atom is 0.263 e. The minimum Gasteiger partial charge on any atom is -0.322 e. The lowest BCUT2D eigenvalue weighted by Crippen LogP contribution is -2.43. The Morgan fingerprint density at radius 3 is 2.53 bits per heavy atom. The van der Waals surface area contributed by atoms with Crippen molar-refractivity contribution >= 4 is 40.7 Å². The van der Waals surface area contributed by atoms with Crippen molar-refractivity contribution < 1.29 is 27.6 Å². The van der Waals surface area contributed by atoms with Crippen LogP contribution in [0.5, 0.6) is 0 Å². The molecule has 0 spiro atoms. The summed E-state index contributed by atoms with van der Waals surface area (Å²) in [5.74, 6) is -4.69. The summed E-state index contributed by atoms with van der Waals surface area (Å²) < 4.78 is 40.1. The van der Waals surface area contributed by atoms with Gasteiger partial charge in [-0.05, 0) is 30.3 Å². The van der Waals surface area contributed by atoms with E-state index < -0.39 is 53.8 Å². The molecule has 154 valence electrons. The Morgan fingerprint density at radius 2 is 1.83 bits per heavy atom. The summed E-state index contributed by atoms with van der Waals surface area (Å²) in [6, 6.07) is 3.59. The summed E-state index contributed by atoms with van der Waals surface area (Å²) in [4.78, 5) is 38.4. The lowest BCUT2D eigenvalue weighted by molar-refractivity contribution is -0.123. The van der Waals surface area contributed by atoms with Gasteiger partial charge in [-0.3, -0.25) is 19.4 Å². The number of imide groups is 1. The zero-order valence-corrected chi connectivity index (χ0v) is 15.6. The predicted octanol–water partition coefficient (Wildman–Crippen LogP) is 2.69. The zero-order chi connectivity index (χ0) is 21.6. The first-order valence-electron chi connectivity index (χ1n) is 8.51. The summed E-state index contributed by atoms with van der Waals surface area (Å²) >= 11 is 5.72. The number of rotatable bonds is 4. The van der Waals surface area contributed by atoms with Crippen LogP contribution in [-0.4, -0.2) is 41.4 Å². The van der Waals surface area contributed by atoms with Crippen molar-refractivity contribution in [3.05, 3.63) is 58.9 Å². The fourth-order valence-electron chi connectivity index (χ4n) is 3.16. The van der Waals surface area contributed by atoms with Crippen LogP contribution in [-0.2, 0) is 14.4 Å². The van der Waals surface area contributed by atoms with Gasteiger partial charge in [-0.15, -0.1) is 0 Å². The molecule has 12 heteroatoms. The van der Waals surface area contributed by atoms with Crippen molar-refractivity contribution in [3.8, 4) is 0 Å². The van der Waals surface area contributed by atoms with E-state index in [1.807, 2.05) is 0 Å². The van der Waals surface area contributed by atoms with Crippen LogP contribution < -0.4 is 10.2 Å². The van der Waals surface area contributed by atoms with Crippen LogP contribution >= 0.6 is 11.6 Å². The van der Waals surface area contributed by atoms with Gasteiger partial charge in [0, 0.05) is 6.07 Å². The van der Waals surface area contributed by atoms with Gasteiger partial charge in [0.05, 0.1) is 16.4 Å². The average Bonchev–Trinajstić information content (AvgIpc) is 3.20. The van der Waals surface area contributed by atoms with Crippen molar-refractivity contribution in [1.29, 1.82) is 0 Å². The zero-order valence-electron chi connectivity index (χ0n) is 14.9. The van der Waals surface area contributed by atoms with Crippen molar-refractivity contribution in [2.45, 2.75) is 12.1 Å². The molecule has 1 fully saturated rings. The van der Waals surface area contributed by atoms with E-state index in [0.29, 0.717) is 6.07 Å². The molecule has 2 heterocycles. The highest BCUT2D eigenvalue weighted by molar-refractivity contribution is 6.32. The summed E-state index contributed by atoms with van der Waals surface area (Å²) in [6.45, 7) is -0.515. The van der Waals surface area contributed by atoms with E-state index in [9.17, 15) is 27.6 Å². The Bertz CT molecular complexity index is 1110. The third-order valence-corrected chi connectivity index (χ3v) is 4.82. The number of fused-ring (bicyclic) bond motifs is 1. The monoisotopic (exact) mass is 437 g/mol. The van der Waals surface area contributed by atoms with Crippen LogP contribution in [0.2, 0.25) is 5.02 Å². The first kappa shape index (κ1) is 19.8. The molecule has 0 bridgehead atoms. The molecule has 30 heavy (non-hydrogen) atoms. The van der Waals surface area contributed by atoms with Crippen LogP contribution in [0.25, 0.3) is 0 Å². The van der Waals surface area contributed by atoms with Gasteiger partial charge < -0.3 is 5.32 Å². The topological polar surface area (TPSA) is 94.4 Å². The summed E-state index contributed by atoms with van der Waals surface area (Å²) in [5.41, 5.74) is -0.204. The fourth-order valence-corrected chi connectivity index (χ4v) is 3.33. The van der Waals surface area contributed by atoms with Crippen molar-refractivity contribution in [1.82, 2.24) is 5.01 Å². The molecule has 2 aliphatic rings. The largest absolute Gasteiger partial charge is 0.322 e. The molecule has 1 saturated heterocycles. The number of carbonyl (C=O) groups is 3. The average molecular weight is 438 g/mol. The third kappa shape index (κ3) is 3.36. The minimum absolute atomic E-state index is 0.0544. The number of anilines is 2. The molecule has 0 unspecified atom stereocenters. The second kappa shape index (κ2) is 7.41. The number of hydrogen-bond donors (Lipinski definition) is 1. The molecule has 2 aromatic rings. The molecule has 0 saturated carbocycles. The van der Waals surface area contributed by atoms with E-state index in [2.05, 4.69) is 15.7 Å². The molecule has 2 aromatic carbocycles. The molecule has 0 aromatic heterocycles. The summed E-state index contributed by atoms with van der Waals surface area (Å²) in [6.07, 6.45) is 0. The summed E-state index contributed by atoms with van der Waals surface area (Å²) in [5, 5.41) is 10.4. The van der Waals surface area contributed by atoms with Crippen molar-refractivity contribution in [3.63, 3.8) is 0 Å². The normalized spacial score (nSPS) is 20.1. The van der Waals surface area contributed by atoms with E-state index in [0.717, 1.165) is 34.2 Å². The van der Waals surface area contributed by atoms with Gasteiger partial charge in [-0.2, -0.15) is 5.11 Å². The van der Waals surface area contributed by atoms with Crippen LogP contribution in [0.4, 0.5) is 24.5 Å². The molecule has 8 nitrogen and oxygen atoms in total. The van der Waals surface area contributed by atoms with Crippen molar-refractivity contribution in [2.75, 3.05) is 16.8 Å². The highest BCUT2D eigenvalue weighted by Crippen LogP contribution is 2.33. The Kier molecular flexibility index (Phi) is 4.90. The molecule has 0 aliphatic carbocycles. The number of hydrogen-bond acceptors (Lipinski definition) is 6. The number of halogens is 4. The Hall–Kier alpha value is -3.47. The first-order valence-corrected chi connectivity index (χ1v) is 8.89. The van der Waals surface area contributed by atoms with Gasteiger partial charge in [0.1, 0.15) is 24.0 Å². The van der Waals surface area contributed by atoms with Gasteiger partial charge in [0.25, 0.3) is 11.8 Å². The Balaban J connectivity index is 1.50. The van der Waals surface area contributed by atoms with Gasteiger partial charge in [-0.25, -0.2) is 18.1 Å². The number of carbonyl (C=O) groups excluding carboxylic acids is 3. The van der Waals surface area contributed by atoms with Crippen molar-refractivity contribution in [2.24, 2.45) is 10.3 Å². The Labute approximate surface area is 171 Å². The highest BCUT2D eigenvalue weighted by atomic mass is 35.5. The van der Waals surface area contributed by atoms with Crippen LogP contribution in [0, 0.1) is 17.5 Å². The molecule has 3 amide bonds. The number of nitrogens with one attached hydrogen (secondary N) is 1. The van der Waals surface area contributed by atoms with Crippen LogP contribution in [0.15, 0.2) is 46.7 Å². The number of benzene rings is 2. The predicted molar refractivity (Wildman–Crippen MR) is 98.0 cm³/mol. The molecular weight excluding hydrogens is 427 g/mol. The maximum atomic E-state index is 13.7. The molecule has 2 atom stereocenters. The SMILES string of the molecule is O=C(CN1N=N[C@@H]2C(=O)N(c3ccc(F)c(Cl)c3)C(=O)[C@@H]21)Nc1ccc(F)cc1F. The molecule has 2 aliphatic heterocycles. The van der Waals surface area contributed by atoms with E-state index in [-0.39, 0.29) is 16.4 Å². The van der Waals surface area contributed by atoms with E-state index in [4.69, 9.17) is 11.6 Å². The van der Waals surface area contributed by atoms with Gasteiger partial charge in [-0.1, -0.05) is 16.8 Å². The van der Waals surface area contributed by atoms with Crippen LogP contribution in [0.1, 0.15) is 0 Å². The van der Waals surface area contributed by atoms with E-state index >= 15 is 0 Å². The second-order valence-corrected chi connectivity index (χ2v) is 6.88.